The van der Waals surface area contributed by atoms with Gasteiger partial charge >= 0.3 is 0 Å². The van der Waals surface area contributed by atoms with Crippen molar-refractivity contribution in [2.24, 2.45) is 11.8 Å². The van der Waals surface area contributed by atoms with E-state index in [4.69, 9.17) is 4.74 Å². The van der Waals surface area contributed by atoms with Gasteiger partial charge in [-0.3, -0.25) is 14.4 Å². The number of aliphatic hydroxyl groups is 1. The van der Waals surface area contributed by atoms with Gasteiger partial charge in [0.1, 0.15) is 11.6 Å². The third-order valence-corrected chi connectivity index (χ3v) is 9.15. The van der Waals surface area contributed by atoms with Gasteiger partial charge in [0.05, 0.1) is 17.9 Å². The maximum Gasteiger partial charge on any atom is 0.253 e. The van der Waals surface area contributed by atoms with E-state index < -0.39 is 29.6 Å². The molecule has 2 bridgehead atoms. The van der Waals surface area contributed by atoms with E-state index in [-0.39, 0.29) is 30.9 Å². The fourth-order valence-electron chi connectivity index (χ4n) is 7.40. The number of unbranched alkanes of at least 4 members (excludes halogenated alkanes) is 2. The quantitative estimate of drug-likeness (QED) is 0.269. The first-order valence-electron chi connectivity index (χ1n) is 15.3. The topological polar surface area (TPSA) is 90.4 Å². The van der Waals surface area contributed by atoms with Crippen molar-refractivity contribution in [1.82, 2.24) is 9.80 Å². The third-order valence-electron chi connectivity index (χ3n) is 9.15. The number of hydrogen-bond donors (Lipinski definition) is 1. The number of nitrogens with zero attached hydrogens (tertiary/aromatic N) is 3. The molecule has 8 heteroatoms. The number of amides is 3. The minimum Gasteiger partial charge on any atom is -0.396 e. The van der Waals surface area contributed by atoms with Crippen molar-refractivity contribution in [3.8, 4) is 0 Å². The molecule has 1 spiro atoms. The van der Waals surface area contributed by atoms with E-state index in [2.05, 4.69) is 13.2 Å². The van der Waals surface area contributed by atoms with Crippen LogP contribution in [0.25, 0.3) is 10.8 Å². The summed E-state index contributed by atoms with van der Waals surface area (Å²) in [5.74, 6) is -1.81. The van der Waals surface area contributed by atoms with Crippen LogP contribution in [0.5, 0.6) is 0 Å². The lowest BCUT2D eigenvalue weighted by molar-refractivity contribution is -0.145. The number of anilines is 1. The summed E-state index contributed by atoms with van der Waals surface area (Å²) in [4.78, 5) is 48.1. The summed E-state index contributed by atoms with van der Waals surface area (Å²) in [6, 6.07) is 13.1. The monoisotopic (exact) mass is 573 g/mol. The van der Waals surface area contributed by atoms with Gasteiger partial charge in [-0.15, -0.1) is 13.2 Å². The molecule has 3 heterocycles. The van der Waals surface area contributed by atoms with Gasteiger partial charge < -0.3 is 24.5 Å². The Kier molecular flexibility index (Phi) is 9.13. The summed E-state index contributed by atoms with van der Waals surface area (Å²) in [6.45, 7) is 11.5. The van der Waals surface area contributed by atoms with Crippen molar-refractivity contribution >= 4 is 34.2 Å². The van der Waals surface area contributed by atoms with E-state index in [0.29, 0.717) is 45.3 Å². The maximum absolute atomic E-state index is 14.7. The normalized spacial score (nSPS) is 26.0. The first kappa shape index (κ1) is 30.0. The average molecular weight is 574 g/mol. The lowest BCUT2D eigenvalue weighted by Crippen LogP contribution is -2.56. The largest absolute Gasteiger partial charge is 0.396 e. The molecule has 2 aromatic carbocycles. The Morgan fingerprint density at radius 1 is 1.07 bits per heavy atom. The molecule has 2 aromatic rings. The van der Waals surface area contributed by atoms with Crippen LogP contribution in [0.15, 0.2) is 67.8 Å². The Labute approximate surface area is 248 Å². The highest BCUT2D eigenvalue weighted by Gasteiger charge is 2.74. The zero-order valence-electron chi connectivity index (χ0n) is 24.6. The summed E-state index contributed by atoms with van der Waals surface area (Å²) in [6.07, 6.45) is 7.00. The molecule has 1 N–H and O–H groups in total. The first-order valence-corrected chi connectivity index (χ1v) is 15.3. The number of ether oxygens (including phenoxy) is 1. The highest BCUT2D eigenvalue weighted by Crippen LogP contribution is 2.59. The van der Waals surface area contributed by atoms with Crippen LogP contribution in [-0.2, 0) is 19.1 Å². The van der Waals surface area contributed by atoms with Crippen LogP contribution in [0.1, 0.15) is 45.4 Å². The minimum absolute atomic E-state index is 0.0792. The molecule has 2 unspecified atom stereocenters. The molecule has 3 aliphatic rings. The standard InChI is InChI=1S/C34H43N3O5/c1-4-18-35(19-5-2)31(39)28-27-16-17-34(42-27)29(28)32(40)37(21-10-7-11-22-38)30(34)33(41)36(20-6-3)26-15-14-24-12-8-9-13-25(24)23-26/h4,6,8-9,12-15,23,27-30,38H,1,3,5,7,10-11,16-22H2,2H3/t27-,28+,29+,30?,34?/m1/s1. The van der Waals surface area contributed by atoms with E-state index in [1.165, 1.54) is 0 Å². The van der Waals surface area contributed by atoms with Gasteiger partial charge in [0.2, 0.25) is 11.8 Å². The van der Waals surface area contributed by atoms with Crippen LogP contribution < -0.4 is 4.90 Å². The van der Waals surface area contributed by atoms with Crippen molar-refractivity contribution in [1.29, 1.82) is 0 Å². The molecule has 224 valence electrons. The number of benzene rings is 2. The van der Waals surface area contributed by atoms with Crippen LogP contribution in [0, 0.1) is 11.8 Å². The fraction of sp³-hybridized carbons (Fsp3) is 0.500. The predicted molar refractivity (Wildman–Crippen MR) is 164 cm³/mol. The van der Waals surface area contributed by atoms with Crippen molar-refractivity contribution < 1.29 is 24.2 Å². The summed E-state index contributed by atoms with van der Waals surface area (Å²) in [5, 5.41) is 11.4. The highest BCUT2D eigenvalue weighted by molar-refractivity contribution is 6.05. The zero-order chi connectivity index (χ0) is 29.9. The van der Waals surface area contributed by atoms with Gasteiger partial charge in [0, 0.05) is 38.5 Å². The lowest BCUT2D eigenvalue weighted by Gasteiger charge is -2.37. The number of carbonyl (C=O) groups is 3. The van der Waals surface area contributed by atoms with E-state index in [9.17, 15) is 19.5 Å². The summed E-state index contributed by atoms with van der Waals surface area (Å²) >= 11 is 0. The smallest absolute Gasteiger partial charge is 0.253 e. The van der Waals surface area contributed by atoms with E-state index in [1.54, 1.807) is 26.9 Å². The van der Waals surface area contributed by atoms with Crippen molar-refractivity contribution in [2.75, 3.05) is 37.7 Å². The Morgan fingerprint density at radius 2 is 1.83 bits per heavy atom. The molecule has 3 amide bonds. The Bertz CT molecular complexity index is 1340. The predicted octanol–water partition coefficient (Wildman–Crippen LogP) is 4.32. The third kappa shape index (κ3) is 5.15. The van der Waals surface area contributed by atoms with Crippen molar-refractivity contribution in [2.45, 2.75) is 63.2 Å². The van der Waals surface area contributed by atoms with Gasteiger partial charge in [-0.05, 0) is 61.4 Å². The van der Waals surface area contributed by atoms with Crippen LogP contribution in [0.4, 0.5) is 5.69 Å². The van der Waals surface area contributed by atoms with Gasteiger partial charge in [-0.2, -0.15) is 0 Å². The molecule has 0 radical (unpaired) electrons. The van der Waals surface area contributed by atoms with Crippen molar-refractivity contribution in [3.63, 3.8) is 0 Å². The van der Waals surface area contributed by atoms with E-state index in [1.807, 2.05) is 49.4 Å². The number of likely N-dealkylation sites (tertiary alicyclic amines) is 1. The first-order chi connectivity index (χ1) is 20.4. The molecule has 0 aliphatic carbocycles. The molecule has 42 heavy (non-hydrogen) atoms. The van der Waals surface area contributed by atoms with Crippen LogP contribution in [-0.4, -0.2) is 83.2 Å². The molecule has 3 fully saturated rings. The molecule has 0 aromatic heterocycles. The van der Waals surface area contributed by atoms with Gasteiger partial charge in [0.25, 0.3) is 5.91 Å². The second-order valence-corrected chi connectivity index (χ2v) is 11.7. The molecule has 3 aliphatic heterocycles. The highest BCUT2D eigenvalue weighted by atomic mass is 16.5. The van der Waals surface area contributed by atoms with E-state index in [0.717, 1.165) is 29.3 Å². The second kappa shape index (κ2) is 12.8. The van der Waals surface area contributed by atoms with Gasteiger partial charge in [-0.1, -0.05) is 49.4 Å². The summed E-state index contributed by atoms with van der Waals surface area (Å²) in [5.41, 5.74) is -0.329. The zero-order valence-corrected chi connectivity index (χ0v) is 24.6. The van der Waals surface area contributed by atoms with Crippen LogP contribution >= 0.6 is 0 Å². The number of aliphatic hydroxyl groups excluding tert-OH is 1. The van der Waals surface area contributed by atoms with Gasteiger partial charge in [0.15, 0.2) is 0 Å². The summed E-state index contributed by atoms with van der Waals surface area (Å²) in [7, 11) is 0. The molecule has 0 saturated carbocycles. The lowest BCUT2D eigenvalue weighted by atomic mass is 9.70. The number of fused-ring (bicyclic) bond motifs is 2. The van der Waals surface area contributed by atoms with Crippen LogP contribution in [0.2, 0.25) is 0 Å². The fourth-order valence-corrected chi connectivity index (χ4v) is 7.40. The number of carbonyl (C=O) groups excluding carboxylic acids is 3. The Morgan fingerprint density at radius 3 is 2.55 bits per heavy atom. The second-order valence-electron chi connectivity index (χ2n) is 11.7. The Balaban J connectivity index is 1.53. The van der Waals surface area contributed by atoms with Gasteiger partial charge in [-0.25, -0.2) is 0 Å². The SMILES string of the molecule is C=CCN(CCC)C(=O)[C@@H]1[C@H]2C(=O)N(CCCCCO)C(C(=O)N(CC=C)c3ccc4ccccc4c3)C23CC[C@H]1O3. The molecular weight excluding hydrogens is 530 g/mol. The molecule has 5 rings (SSSR count). The molecule has 5 atom stereocenters. The van der Waals surface area contributed by atoms with E-state index >= 15 is 0 Å². The number of hydrogen-bond acceptors (Lipinski definition) is 5. The summed E-state index contributed by atoms with van der Waals surface area (Å²) < 4.78 is 6.67. The number of rotatable bonds is 14. The molecule has 8 nitrogen and oxygen atoms in total. The Hall–Kier alpha value is -3.49. The maximum atomic E-state index is 14.7. The minimum atomic E-state index is -1.06. The average Bonchev–Trinajstić information content (AvgIpc) is 3.64. The molecule has 3 saturated heterocycles. The van der Waals surface area contributed by atoms with Crippen LogP contribution in [0.3, 0.4) is 0 Å². The van der Waals surface area contributed by atoms with Crippen molar-refractivity contribution in [3.05, 3.63) is 67.8 Å². The molecular formula is C34H43N3O5.